The van der Waals surface area contributed by atoms with Gasteiger partial charge in [-0.3, -0.25) is 4.55 Å². The van der Waals surface area contributed by atoms with Gasteiger partial charge in [0.25, 0.3) is 0 Å². The summed E-state index contributed by atoms with van der Waals surface area (Å²) >= 11 is 0. The molecular formula is C75H140N2O35S2. The van der Waals surface area contributed by atoms with Gasteiger partial charge in [0.1, 0.15) is 12.4 Å². The van der Waals surface area contributed by atoms with E-state index in [9.17, 15) is 17.2 Å². The van der Waals surface area contributed by atoms with E-state index in [1.54, 1.807) is 24.3 Å². The SMILES string of the molecule is CS(N)(=O)(O)c1ccc(S(=O)(=O)CCNc2ccc(OCCOCCOCCOCCOCCOCCOCCOCCOCCOCCOCCOCCOCCOCCOCCOCCOCCOCCOCCOCCOCCOCCOCCOCCOCCOCCOCCOCCOCCOCCO)cc2)cc1. The Hall–Kier alpha value is -3.14. The molecule has 37 nitrogen and oxygen atoms in total. The largest absolute Gasteiger partial charge is 0.491 e. The van der Waals surface area contributed by atoms with Gasteiger partial charge in [-0.1, -0.05) is 0 Å². The minimum absolute atomic E-state index is 0.0139. The number of anilines is 1. The molecule has 0 bridgehead atoms. The molecule has 0 heterocycles. The van der Waals surface area contributed by atoms with Crippen LogP contribution in [0.25, 0.3) is 0 Å². The van der Waals surface area contributed by atoms with Crippen LogP contribution in [-0.4, -0.2) is 437 Å². The Labute approximate surface area is 676 Å². The lowest BCUT2D eigenvalue weighted by atomic mass is 10.3. The van der Waals surface area contributed by atoms with E-state index in [0.717, 1.165) is 11.9 Å². The number of aliphatic hydroxyl groups excluding tert-OH is 1. The van der Waals surface area contributed by atoms with E-state index in [2.05, 4.69) is 5.32 Å². The van der Waals surface area contributed by atoms with Crippen LogP contribution in [0.4, 0.5) is 5.69 Å². The maximum Gasteiger partial charge on any atom is 0.180 e. The molecule has 0 unspecified atom stereocenters. The molecule has 5 N–H and O–H groups in total. The number of benzene rings is 2. The van der Waals surface area contributed by atoms with Crippen LogP contribution >= 0.6 is 0 Å². The summed E-state index contributed by atoms with van der Waals surface area (Å²) < 4.78 is 213. The first kappa shape index (κ1) is 107. The number of hydrogen-bond donors (Lipinski definition) is 4. The second-order valence-electron chi connectivity index (χ2n) is 23.9. The molecule has 0 spiro atoms. The predicted molar refractivity (Wildman–Crippen MR) is 419 cm³/mol. The van der Waals surface area contributed by atoms with Crippen molar-refractivity contribution in [2.24, 2.45) is 5.14 Å². The number of rotatable bonds is 96. The van der Waals surface area contributed by atoms with E-state index < -0.39 is 19.4 Å². The van der Waals surface area contributed by atoms with E-state index >= 15 is 0 Å². The maximum atomic E-state index is 12.7. The molecule has 114 heavy (non-hydrogen) atoms. The summed E-state index contributed by atoms with van der Waals surface area (Å²) in [5.41, 5.74) is 0.725. The lowest BCUT2D eigenvalue weighted by Crippen LogP contribution is -2.40. The normalized spacial score (nSPS) is 12.4. The van der Waals surface area contributed by atoms with Gasteiger partial charge < -0.3 is 153 Å². The fourth-order valence-electron chi connectivity index (χ4n) is 8.64. The van der Waals surface area contributed by atoms with Crippen molar-refractivity contribution < 1.29 is 164 Å². The third kappa shape index (κ3) is 76.3. The molecule has 0 fully saturated rings. The first-order valence-corrected chi connectivity index (χ1v) is 43.4. The lowest BCUT2D eigenvalue weighted by molar-refractivity contribution is -0.0324. The molecule has 2 aromatic rings. The fourth-order valence-corrected chi connectivity index (χ4v) is 10.6. The van der Waals surface area contributed by atoms with E-state index in [4.69, 9.17) is 152 Å². The van der Waals surface area contributed by atoms with Gasteiger partial charge in [-0.15, -0.1) is 9.53 Å². The average Bonchev–Trinajstić information content (AvgIpc) is 0.789. The predicted octanol–water partition coefficient (Wildman–Crippen LogP) is 1.58. The van der Waals surface area contributed by atoms with Crippen molar-refractivity contribution in [1.82, 2.24) is 0 Å². The van der Waals surface area contributed by atoms with Crippen molar-refractivity contribution >= 4 is 25.1 Å². The zero-order chi connectivity index (χ0) is 81.7. The third-order valence-electron chi connectivity index (χ3n) is 14.5. The van der Waals surface area contributed by atoms with Crippen LogP contribution in [0.3, 0.4) is 0 Å². The molecule has 0 aliphatic carbocycles. The van der Waals surface area contributed by atoms with Gasteiger partial charge in [-0.05, 0) is 48.5 Å². The van der Waals surface area contributed by atoms with E-state index in [1.807, 2.05) is 0 Å². The molecule has 672 valence electrons. The van der Waals surface area contributed by atoms with E-state index in [-0.39, 0.29) is 28.7 Å². The number of sulfone groups is 1. The van der Waals surface area contributed by atoms with Gasteiger partial charge in [0.2, 0.25) is 0 Å². The molecule has 0 aliphatic heterocycles. The first-order valence-electron chi connectivity index (χ1n) is 39.3. The van der Waals surface area contributed by atoms with E-state index in [1.165, 1.54) is 24.3 Å². The molecule has 0 radical (unpaired) electrons. The smallest absolute Gasteiger partial charge is 0.180 e. The second kappa shape index (κ2) is 82.2. The Morgan fingerprint density at radius 1 is 0.272 bits per heavy atom. The Morgan fingerprint density at radius 3 is 0.605 bits per heavy atom. The molecule has 2 rings (SSSR count). The molecule has 0 saturated carbocycles. The second-order valence-corrected chi connectivity index (χ2v) is 29.2. The Bertz CT molecular complexity index is 2470. The molecule has 0 saturated heterocycles. The Morgan fingerprint density at radius 2 is 0.439 bits per heavy atom. The zero-order valence-electron chi connectivity index (χ0n) is 67.7. The summed E-state index contributed by atoms with van der Waals surface area (Å²) in [6.45, 7) is 27.5. The summed E-state index contributed by atoms with van der Waals surface area (Å²) in [4.78, 5) is 0.00473. The lowest BCUT2D eigenvalue weighted by Gasteiger charge is -2.33. The van der Waals surface area contributed by atoms with E-state index in [0.29, 0.717) is 396 Å². The highest BCUT2D eigenvalue weighted by atomic mass is 32.3. The van der Waals surface area contributed by atoms with Gasteiger partial charge >= 0.3 is 0 Å². The van der Waals surface area contributed by atoms with Crippen LogP contribution in [0.1, 0.15) is 0 Å². The standard InChI is InChI=1S/C75H140N2O35S2/c1-114(76,81,82)75-8-6-74(7-9-75)113(79,80)71-10-77-72-2-4-73(5-3-72)112-70-69-111-68-67-110-66-65-109-64-63-108-62-61-107-60-59-106-58-57-105-56-55-104-54-53-103-52-51-102-50-49-101-48-47-100-46-45-99-44-43-98-42-41-97-40-39-96-38-37-95-36-35-94-34-33-93-32-31-92-30-29-91-28-27-90-26-25-89-24-23-88-22-21-87-20-19-86-18-17-85-16-15-84-14-13-83-12-11-78/h2-9,77-78H,10-71H2,1H3,(H3,76,81,82). The van der Waals surface area contributed by atoms with Crippen molar-refractivity contribution in [2.45, 2.75) is 9.79 Å². The molecule has 0 aromatic heterocycles. The quantitative estimate of drug-likeness (QED) is 0.0683. The van der Waals surface area contributed by atoms with Gasteiger partial charge in [0.15, 0.2) is 9.84 Å². The monoisotopic (exact) mass is 1690 g/mol. The average molecular weight is 1690 g/mol. The van der Waals surface area contributed by atoms with Crippen molar-refractivity contribution in [3.8, 4) is 5.75 Å². The van der Waals surface area contributed by atoms with Crippen LogP contribution in [0.5, 0.6) is 5.75 Å². The maximum absolute atomic E-state index is 12.7. The van der Waals surface area contributed by atoms with Crippen LogP contribution in [0.15, 0.2) is 58.3 Å². The molecule has 2 aromatic carbocycles. The number of hydrogen-bond acceptors (Lipinski definition) is 35. The summed E-state index contributed by atoms with van der Waals surface area (Å²) in [5.74, 6) is 0.466. The minimum atomic E-state index is -4.45. The van der Waals surface area contributed by atoms with Crippen LogP contribution in [0.2, 0.25) is 0 Å². The van der Waals surface area contributed by atoms with Crippen LogP contribution in [-0.2, 0) is 157 Å². The van der Waals surface area contributed by atoms with Crippen molar-refractivity contribution in [1.29, 1.82) is 0 Å². The fraction of sp³-hybridized carbons (Fsp3) is 0.840. The molecular weight excluding hydrogens is 1550 g/mol. The van der Waals surface area contributed by atoms with Gasteiger partial charge in [0.05, 0.1) is 405 Å². The van der Waals surface area contributed by atoms with Crippen molar-refractivity contribution in [2.75, 3.05) is 420 Å². The van der Waals surface area contributed by atoms with Crippen molar-refractivity contribution in [3.05, 3.63) is 48.5 Å². The molecule has 0 aliphatic rings. The Kier molecular flexibility index (Phi) is 77.1. The molecule has 0 amide bonds. The van der Waals surface area contributed by atoms with Crippen molar-refractivity contribution in [3.63, 3.8) is 0 Å². The summed E-state index contributed by atoms with van der Waals surface area (Å²) in [6, 6.07) is 12.2. The zero-order valence-corrected chi connectivity index (χ0v) is 69.4. The molecule has 0 atom stereocenters. The topological polar surface area (TPSA) is 407 Å². The summed E-state index contributed by atoms with van der Waals surface area (Å²) in [6.07, 6.45) is 1.01. The molecule has 39 heteroatoms. The van der Waals surface area contributed by atoms with Crippen LogP contribution in [0, 0.1) is 0 Å². The Balaban J connectivity index is 1.11. The third-order valence-corrected chi connectivity index (χ3v) is 17.6. The number of nitrogens with two attached hydrogens (primary N) is 1. The highest BCUT2D eigenvalue weighted by molar-refractivity contribution is 8.12. The van der Waals surface area contributed by atoms with Gasteiger partial charge in [0, 0.05) is 18.5 Å². The first-order chi connectivity index (χ1) is 56.0. The van der Waals surface area contributed by atoms with Gasteiger partial charge in [-0.25, -0.2) is 13.6 Å². The number of aliphatic hydroxyl groups is 1. The minimum Gasteiger partial charge on any atom is -0.491 e. The highest BCUT2D eigenvalue weighted by Crippen LogP contribution is 2.24. The summed E-state index contributed by atoms with van der Waals surface area (Å²) in [5, 5.41) is 17.2. The number of nitrogens with one attached hydrogen (secondary N) is 1. The number of ether oxygens (including phenoxy) is 30. The summed E-state index contributed by atoms with van der Waals surface area (Å²) in [7, 11) is -8.08. The van der Waals surface area contributed by atoms with Crippen LogP contribution < -0.4 is 15.2 Å². The van der Waals surface area contributed by atoms with Gasteiger partial charge in [-0.2, -0.15) is 4.21 Å². The highest BCUT2D eigenvalue weighted by Gasteiger charge is 2.20.